The average Bonchev–Trinajstić information content (AvgIpc) is 2.88. The van der Waals surface area contributed by atoms with Crippen LogP contribution in [0.4, 0.5) is 30.4 Å². The van der Waals surface area contributed by atoms with Gasteiger partial charge in [-0.2, -0.15) is 18.3 Å². The van der Waals surface area contributed by atoms with Crippen LogP contribution in [0.1, 0.15) is 5.56 Å². The standard InChI is InChI=1S/C16H12F3N5O/c17-16(18,19)10-5-4-6-11(9-10)21-22-13-14(20)24(23-15(13)25)12-7-2-1-3-8-12/h1-9H,20H2,(H,23,25). The molecule has 3 aromatic rings. The minimum Gasteiger partial charge on any atom is -0.382 e. The highest BCUT2D eigenvalue weighted by atomic mass is 19.4. The van der Waals surface area contributed by atoms with E-state index >= 15 is 0 Å². The summed E-state index contributed by atoms with van der Waals surface area (Å²) < 4.78 is 39.4. The molecule has 3 rings (SSSR count). The highest BCUT2D eigenvalue weighted by Crippen LogP contribution is 2.32. The van der Waals surface area contributed by atoms with Gasteiger partial charge in [-0.15, -0.1) is 5.11 Å². The molecule has 2 aromatic carbocycles. The Morgan fingerprint density at radius 1 is 1.00 bits per heavy atom. The third-order valence-electron chi connectivity index (χ3n) is 3.37. The van der Waals surface area contributed by atoms with E-state index in [1.165, 1.54) is 16.8 Å². The molecule has 0 spiro atoms. The molecule has 1 aromatic heterocycles. The Morgan fingerprint density at radius 3 is 2.40 bits per heavy atom. The number of azo groups is 1. The van der Waals surface area contributed by atoms with Gasteiger partial charge in [-0.05, 0) is 30.3 Å². The highest BCUT2D eigenvalue weighted by molar-refractivity contribution is 5.60. The molecule has 0 aliphatic heterocycles. The van der Waals surface area contributed by atoms with Gasteiger partial charge in [-0.1, -0.05) is 24.3 Å². The minimum atomic E-state index is -4.49. The van der Waals surface area contributed by atoms with E-state index in [9.17, 15) is 18.0 Å². The number of nitrogens with two attached hydrogens (primary N) is 1. The van der Waals surface area contributed by atoms with Gasteiger partial charge in [0.05, 0.1) is 16.9 Å². The molecule has 6 nitrogen and oxygen atoms in total. The van der Waals surface area contributed by atoms with Crippen LogP contribution < -0.4 is 11.3 Å². The first-order valence-corrected chi connectivity index (χ1v) is 7.11. The number of nitrogens with zero attached hydrogens (tertiary/aromatic N) is 3. The number of nitrogen functional groups attached to an aromatic ring is 1. The van der Waals surface area contributed by atoms with Crippen molar-refractivity contribution >= 4 is 17.2 Å². The number of para-hydroxylation sites is 1. The molecule has 0 saturated carbocycles. The summed E-state index contributed by atoms with van der Waals surface area (Å²) in [5.41, 5.74) is 4.83. The van der Waals surface area contributed by atoms with Gasteiger partial charge in [-0.3, -0.25) is 9.89 Å². The fourth-order valence-corrected chi connectivity index (χ4v) is 2.17. The van der Waals surface area contributed by atoms with Crippen molar-refractivity contribution in [2.24, 2.45) is 10.2 Å². The van der Waals surface area contributed by atoms with Crippen LogP contribution in [-0.2, 0) is 6.18 Å². The maximum Gasteiger partial charge on any atom is 0.416 e. The predicted molar refractivity (Wildman–Crippen MR) is 86.4 cm³/mol. The fourth-order valence-electron chi connectivity index (χ4n) is 2.17. The van der Waals surface area contributed by atoms with E-state index in [-0.39, 0.29) is 17.2 Å². The van der Waals surface area contributed by atoms with Gasteiger partial charge in [0.1, 0.15) is 0 Å². The molecule has 0 unspecified atom stereocenters. The number of anilines is 1. The largest absolute Gasteiger partial charge is 0.416 e. The molecule has 0 aliphatic rings. The molecule has 0 fully saturated rings. The Bertz CT molecular complexity index is 973. The summed E-state index contributed by atoms with van der Waals surface area (Å²) in [7, 11) is 0. The number of hydrogen-bond donors (Lipinski definition) is 2. The SMILES string of the molecule is Nc1c(N=Nc2cccc(C(F)(F)F)c2)c(=O)[nH]n1-c1ccccc1. The third kappa shape index (κ3) is 3.44. The smallest absolute Gasteiger partial charge is 0.382 e. The second kappa shape index (κ2) is 6.27. The second-order valence-corrected chi connectivity index (χ2v) is 5.09. The van der Waals surface area contributed by atoms with Crippen molar-refractivity contribution in [3.8, 4) is 5.69 Å². The number of hydrogen-bond acceptors (Lipinski definition) is 4. The Hall–Kier alpha value is -3.36. The first kappa shape index (κ1) is 16.5. The Balaban J connectivity index is 1.96. The first-order valence-electron chi connectivity index (χ1n) is 7.11. The maximum atomic E-state index is 12.7. The molecule has 25 heavy (non-hydrogen) atoms. The number of nitrogens with one attached hydrogen (secondary N) is 1. The third-order valence-corrected chi connectivity index (χ3v) is 3.37. The molecular formula is C16H12F3N5O. The zero-order chi connectivity index (χ0) is 18.0. The summed E-state index contributed by atoms with van der Waals surface area (Å²) >= 11 is 0. The van der Waals surface area contributed by atoms with Crippen LogP contribution in [0.15, 0.2) is 69.6 Å². The van der Waals surface area contributed by atoms with Crippen LogP contribution in [0.2, 0.25) is 0 Å². The second-order valence-electron chi connectivity index (χ2n) is 5.09. The van der Waals surface area contributed by atoms with Crippen molar-refractivity contribution < 1.29 is 13.2 Å². The van der Waals surface area contributed by atoms with E-state index in [1.807, 2.05) is 0 Å². The average molecular weight is 347 g/mol. The normalized spacial score (nSPS) is 12.0. The molecule has 0 bridgehead atoms. The molecule has 3 N–H and O–H groups in total. The van der Waals surface area contributed by atoms with Gasteiger partial charge in [0.2, 0.25) is 0 Å². The predicted octanol–water partition coefficient (Wildman–Crippen LogP) is 4.18. The van der Waals surface area contributed by atoms with Gasteiger partial charge in [-0.25, -0.2) is 4.68 Å². The molecule has 128 valence electrons. The van der Waals surface area contributed by atoms with Crippen LogP contribution in [0.25, 0.3) is 5.69 Å². The summed E-state index contributed by atoms with van der Waals surface area (Å²) in [6, 6.07) is 13.1. The molecule has 9 heteroatoms. The Morgan fingerprint density at radius 2 is 1.72 bits per heavy atom. The van der Waals surface area contributed by atoms with Gasteiger partial charge >= 0.3 is 6.18 Å². The number of benzene rings is 2. The van der Waals surface area contributed by atoms with E-state index < -0.39 is 17.3 Å². The maximum absolute atomic E-state index is 12.7. The summed E-state index contributed by atoms with van der Waals surface area (Å²) in [4.78, 5) is 12.0. The van der Waals surface area contributed by atoms with Gasteiger partial charge in [0, 0.05) is 0 Å². The van der Waals surface area contributed by atoms with Gasteiger partial charge in [0.25, 0.3) is 5.56 Å². The lowest BCUT2D eigenvalue weighted by atomic mass is 10.2. The van der Waals surface area contributed by atoms with Gasteiger partial charge < -0.3 is 5.73 Å². The molecule has 0 radical (unpaired) electrons. The molecule has 0 amide bonds. The van der Waals surface area contributed by atoms with E-state index in [2.05, 4.69) is 15.3 Å². The Kier molecular flexibility index (Phi) is 4.14. The lowest BCUT2D eigenvalue weighted by molar-refractivity contribution is -0.137. The van der Waals surface area contributed by atoms with Crippen molar-refractivity contribution in [1.82, 2.24) is 9.78 Å². The monoisotopic (exact) mass is 347 g/mol. The lowest BCUT2D eigenvalue weighted by Gasteiger charge is -2.06. The number of alkyl halides is 3. The van der Waals surface area contributed by atoms with Crippen LogP contribution in [0.5, 0.6) is 0 Å². The zero-order valence-corrected chi connectivity index (χ0v) is 12.7. The zero-order valence-electron chi connectivity index (χ0n) is 12.7. The number of aromatic amines is 1. The lowest BCUT2D eigenvalue weighted by Crippen LogP contribution is -2.04. The number of H-pyrrole nitrogens is 1. The van der Waals surface area contributed by atoms with Crippen LogP contribution in [0, 0.1) is 0 Å². The molecule has 0 aliphatic carbocycles. The number of halogens is 3. The van der Waals surface area contributed by atoms with Crippen molar-refractivity contribution in [3.05, 3.63) is 70.5 Å². The number of rotatable bonds is 3. The minimum absolute atomic E-state index is 0.00641. The van der Waals surface area contributed by atoms with E-state index in [1.54, 1.807) is 30.3 Å². The van der Waals surface area contributed by atoms with Crippen molar-refractivity contribution in [1.29, 1.82) is 0 Å². The van der Waals surface area contributed by atoms with Gasteiger partial charge in [0.15, 0.2) is 11.5 Å². The summed E-state index contributed by atoms with van der Waals surface area (Å²) in [6.45, 7) is 0. The van der Waals surface area contributed by atoms with Crippen LogP contribution in [-0.4, -0.2) is 9.78 Å². The van der Waals surface area contributed by atoms with E-state index in [0.717, 1.165) is 12.1 Å². The first-order chi connectivity index (χ1) is 11.9. The molecule has 1 heterocycles. The number of aromatic nitrogens is 2. The summed E-state index contributed by atoms with van der Waals surface area (Å²) in [5, 5.41) is 9.91. The summed E-state index contributed by atoms with van der Waals surface area (Å²) in [6.07, 6.45) is -4.49. The van der Waals surface area contributed by atoms with Crippen molar-refractivity contribution in [3.63, 3.8) is 0 Å². The topological polar surface area (TPSA) is 88.5 Å². The summed E-state index contributed by atoms with van der Waals surface area (Å²) in [5.74, 6) is 0.00641. The molecule has 0 saturated heterocycles. The van der Waals surface area contributed by atoms with E-state index in [4.69, 9.17) is 5.73 Å². The quantitative estimate of drug-likeness (QED) is 0.696. The van der Waals surface area contributed by atoms with Crippen LogP contribution >= 0.6 is 0 Å². The highest BCUT2D eigenvalue weighted by Gasteiger charge is 2.30. The Labute approximate surface area is 139 Å². The van der Waals surface area contributed by atoms with Crippen molar-refractivity contribution in [2.75, 3.05) is 5.73 Å². The fraction of sp³-hybridized carbons (Fsp3) is 0.0625. The molecular weight excluding hydrogens is 335 g/mol. The molecule has 0 atom stereocenters. The van der Waals surface area contributed by atoms with Crippen molar-refractivity contribution in [2.45, 2.75) is 6.18 Å². The van der Waals surface area contributed by atoms with E-state index in [0.29, 0.717) is 5.69 Å². The van der Waals surface area contributed by atoms with Crippen LogP contribution in [0.3, 0.4) is 0 Å².